The average Bonchev–Trinajstić information content (AvgIpc) is 2.41. The first kappa shape index (κ1) is 14.3. The van der Waals surface area contributed by atoms with Crippen LogP contribution in [0, 0.1) is 22.9 Å². The minimum absolute atomic E-state index is 0.0851. The van der Waals surface area contributed by atoms with Crippen LogP contribution in [0.5, 0.6) is 0 Å². The highest BCUT2D eigenvalue weighted by molar-refractivity contribution is 6.32. The van der Waals surface area contributed by atoms with E-state index in [1.165, 1.54) is 18.2 Å². The van der Waals surface area contributed by atoms with E-state index in [2.05, 4.69) is 5.32 Å². The molecule has 0 unspecified atom stereocenters. The summed E-state index contributed by atoms with van der Waals surface area (Å²) in [5, 5.41) is 13.9. The Morgan fingerprint density at radius 3 is 2.70 bits per heavy atom. The lowest BCUT2D eigenvalue weighted by molar-refractivity contribution is -0.384. The van der Waals surface area contributed by atoms with E-state index in [0.717, 1.165) is 5.56 Å². The molecule has 20 heavy (non-hydrogen) atoms. The van der Waals surface area contributed by atoms with E-state index in [1.54, 1.807) is 25.1 Å². The van der Waals surface area contributed by atoms with Gasteiger partial charge in [-0.3, -0.25) is 10.1 Å². The van der Waals surface area contributed by atoms with Gasteiger partial charge in [-0.2, -0.15) is 0 Å². The molecule has 104 valence electrons. The molecule has 0 saturated carbocycles. The predicted octanol–water partition coefficient (Wildman–Crippen LogP) is 4.31. The van der Waals surface area contributed by atoms with Crippen molar-refractivity contribution in [2.75, 3.05) is 5.32 Å². The third kappa shape index (κ3) is 3.24. The first-order chi connectivity index (χ1) is 9.47. The fourth-order valence-corrected chi connectivity index (χ4v) is 1.90. The first-order valence-electron chi connectivity index (χ1n) is 5.90. The highest BCUT2D eigenvalue weighted by Gasteiger charge is 2.12. The van der Waals surface area contributed by atoms with Crippen LogP contribution in [0.4, 0.5) is 15.8 Å². The molecular weight excluding hydrogens is 283 g/mol. The van der Waals surface area contributed by atoms with E-state index in [-0.39, 0.29) is 16.5 Å². The van der Waals surface area contributed by atoms with Gasteiger partial charge in [0, 0.05) is 18.3 Å². The van der Waals surface area contributed by atoms with E-state index in [4.69, 9.17) is 11.6 Å². The molecule has 2 rings (SSSR count). The Kier molecular flexibility index (Phi) is 4.20. The molecule has 0 atom stereocenters. The van der Waals surface area contributed by atoms with E-state index in [0.29, 0.717) is 17.8 Å². The molecule has 0 amide bonds. The normalized spacial score (nSPS) is 10.3. The third-order valence-electron chi connectivity index (χ3n) is 2.88. The number of nitrogens with one attached hydrogen (secondary N) is 1. The number of nitrogens with zero attached hydrogens (tertiary/aromatic N) is 1. The summed E-state index contributed by atoms with van der Waals surface area (Å²) >= 11 is 5.73. The van der Waals surface area contributed by atoms with Crippen molar-refractivity contribution in [2.24, 2.45) is 0 Å². The summed E-state index contributed by atoms with van der Waals surface area (Å²) in [4.78, 5) is 10.2. The maximum atomic E-state index is 13.4. The van der Waals surface area contributed by atoms with Gasteiger partial charge in [-0.05, 0) is 36.2 Å². The van der Waals surface area contributed by atoms with E-state index in [1.807, 2.05) is 0 Å². The zero-order valence-electron chi connectivity index (χ0n) is 10.7. The number of hydrogen-bond acceptors (Lipinski definition) is 3. The number of nitro benzene ring substituents is 1. The Bertz CT molecular complexity index is 662. The number of benzene rings is 2. The maximum absolute atomic E-state index is 13.4. The monoisotopic (exact) mass is 294 g/mol. The van der Waals surface area contributed by atoms with Gasteiger partial charge in [-0.1, -0.05) is 23.7 Å². The third-order valence-corrected chi connectivity index (χ3v) is 3.20. The smallest absolute Gasteiger partial charge is 0.289 e. The van der Waals surface area contributed by atoms with Crippen molar-refractivity contribution >= 4 is 23.0 Å². The van der Waals surface area contributed by atoms with E-state index >= 15 is 0 Å². The molecule has 0 heterocycles. The Morgan fingerprint density at radius 1 is 1.30 bits per heavy atom. The number of halogens is 2. The van der Waals surface area contributed by atoms with E-state index < -0.39 is 4.92 Å². The SMILES string of the molecule is Cc1ccc(CNc2ccc(Cl)c([N+](=O)[O-])c2)cc1F. The van der Waals surface area contributed by atoms with Crippen LogP contribution in [0.3, 0.4) is 0 Å². The number of hydrogen-bond donors (Lipinski definition) is 1. The molecule has 0 aliphatic heterocycles. The van der Waals surface area contributed by atoms with Gasteiger partial charge in [0.05, 0.1) is 4.92 Å². The topological polar surface area (TPSA) is 55.2 Å². The molecule has 0 radical (unpaired) electrons. The molecular formula is C14H12ClFN2O2. The van der Waals surface area contributed by atoms with Crippen LogP contribution in [0.15, 0.2) is 36.4 Å². The summed E-state index contributed by atoms with van der Waals surface area (Å²) in [6.07, 6.45) is 0. The van der Waals surface area contributed by atoms with E-state index in [9.17, 15) is 14.5 Å². The quantitative estimate of drug-likeness (QED) is 0.675. The maximum Gasteiger partial charge on any atom is 0.289 e. The molecule has 0 aromatic heterocycles. The van der Waals surface area contributed by atoms with Crippen LogP contribution in [0.2, 0.25) is 5.02 Å². The molecule has 0 fully saturated rings. The van der Waals surface area contributed by atoms with Gasteiger partial charge in [0.25, 0.3) is 5.69 Å². The minimum Gasteiger partial charge on any atom is -0.381 e. The Balaban J connectivity index is 2.12. The molecule has 1 N–H and O–H groups in total. The Morgan fingerprint density at radius 2 is 2.05 bits per heavy atom. The van der Waals surface area contributed by atoms with Gasteiger partial charge in [-0.15, -0.1) is 0 Å². The summed E-state index contributed by atoms with van der Waals surface area (Å²) < 4.78 is 13.4. The van der Waals surface area contributed by atoms with Crippen LogP contribution >= 0.6 is 11.6 Å². The van der Waals surface area contributed by atoms with Crippen LogP contribution < -0.4 is 5.32 Å². The summed E-state index contributed by atoms with van der Waals surface area (Å²) in [5.41, 5.74) is 1.73. The molecule has 0 bridgehead atoms. The zero-order chi connectivity index (χ0) is 14.7. The van der Waals surface area contributed by atoms with Gasteiger partial charge >= 0.3 is 0 Å². The van der Waals surface area contributed by atoms with Crippen molar-refractivity contribution in [2.45, 2.75) is 13.5 Å². The molecule has 0 spiro atoms. The second kappa shape index (κ2) is 5.88. The van der Waals surface area contributed by atoms with Crippen molar-refractivity contribution in [3.8, 4) is 0 Å². The Hall–Kier alpha value is -2.14. The molecule has 0 aliphatic rings. The standard InChI is InChI=1S/C14H12ClFN2O2/c1-9-2-3-10(6-13(9)16)8-17-11-4-5-12(15)14(7-11)18(19)20/h2-7,17H,8H2,1H3. The molecule has 6 heteroatoms. The fraction of sp³-hybridized carbons (Fsp3) is 0.143. The number of aryl methyl sites for hydroxylation is 1. The molecule has 0 saturated heterocycles. The lowest BCUT2D eigenvalue weighted by Crippen LogP contribution is -2.01. The zero-order valence-corrected chi connectivity index (χ0v) is 11.4. The van der Waals surface area contributed by atoms with Gasteiger partial charge in [0.2, 0.25) is 0 Å². The number of anilines is 1. The molecule has 0 aliphatic carbocycles. The summed E-state index contributed by atoms with van der Waals surface area (Å²) in [7, 11) is 0. The second-order valence-electron chi connectivity index (χ2n) is 4.36. The number of rotatable bonds is 4. The van der Waals surface area contributed by atoms with Crippen molar-refractivity contribution in [1.82, 2.24) is 0 Å². The lowest BCUT2D eigenvalue weighted by Gasteiger charge is -2.08. The summed E-state index contributed by atoms with van der Waals surface area (Å²) in [6, 6.07) is 9.38. The fourth-order valence-electron chi connectivity index (χ4n) is 1.71. The summed E-state index contributed by atoms with van der Waals surface area (Å²) in [5.74, 6) is -0.272. The van der Waals surface area contributed by atoms with Crippen LogP contribution in [-0.2, 0) is 6.54 Å². The van der Waals surface area contributed by atoms with Crippen LogP contribution in [0.1, 0.15) is 11.1 Å². The molecule has 2 aromatic rings. The summed E-state index contributed by atoms with van der Waals surface area (Å²) in [6.45, 7) is 2.06. The lowest BCUT2D eigenvalue weighted by atomic mass is 10.1. The van der Waals surface area contributed by atoms with Crippen LogP contribution in [-0.4, -0.2) is 4.92 Å². The van der Waals surface area contributed by atoms with Gasteiger partial charge in [0.15, 0.2) is 0 Å². The largest absolute Gasteiger partial charge is 0.381 e. The second-order valence-corrected chi connectivity index (χ2v) is 4.77. The van der Waals surface area contributed by atoms with Crippen molar-refractivity contribution < 1.29 is 9.31 Å². The average molecular weight is 295 g/mol. The van der Waals surface area contributed by atoms with Crippen molar-refractivity contribution in [3.05, 3.63) is 68.5 Å². The van der Waals surface area contributed by atoms with Crippen LogP contribution in [0.25, 0.3) is 0 Å². The van der Waals surface area contributed by atoms with Gasteiger partial charge < -0.3 is 5.32 Å². The molecule has 4 nitrogen and oxygen atoms in total. The van der Waals surface area contributed by atoms with Crippen molar-refractivity contribution in [3.63, 3.8) is 0 Å². The Labute approximate surface area is 120 Å². The molecule has 2 aromatic carbocycles. The van der Waals surface area contributed by atoms with Gasteiger partial charge in [-0.25, -0.2) is 4.39 Å². The highest BCUT2D eigenvalue weighted by Crippen LogP contribution is 2.27. The number of nitro groups is 1. The minimum atomic E-state index is -0.543. The van der Waals surface area contributed by atoms with Gasteiger partial charge in [0.1, 0.15) is 10.8 Å². The first-order valence-corrected chi connectivity index (χ1v) is 6.28. The highest BCUT2D eigenvalue weighted by atomic mass is 35.5. The van der Waals surface area contributed by atoms with Crippen molar-refractivity contribution in [1.29, 1.82) is 0 Å². The predicted molar refractivity (Wildman–Crippen MR) is 76.6 cm³/mol.